The first-order chi connectivity index (χ1) is 10.3. The number of unbranched alkanes of at least 4 members (excludes halogenated alkanes) is 6. The van der Waals surface area contributed by atoms with Gasteiger partial charge in [-0.05, 0) is 31.1 Å². The molecule has 1 saturated carbocycles. The van der Waals surface area contributed by atoms with Crippen LogP contribution in [0.1, 0.15) is 84.0 Å². The quantitative estimate of drug-likeness (QED) is 0.407. The Labute approximate surface area is 136 Å². The number of hydrogen-bond acceptors (Lipinski definition) is 1. The van der Waals surface area contributed by atoms with Gasteiger partial charge in [-0.2, -0.15) is 0 Å². The Morgan fingerprint density at radius 2 is 1.62 bits per heavy atom. The topological polar surface area (TPSA) is 29.1 Å². The van der Waals surface area contributed by atoms with Crippen LogP contribution in [0.4, 0.5) is 0 Å². The number of nitrogens with one attached hydrogen (secondary N) is 1. The second-order valence-corrected chi connectivity index (χ2v) is 6.94. The van der Waals surface area contributed by atoms with Crippen molar-refractivity contribution in [3.8, 4) is 0 Å². The van der Waals surface area contributed by atoms with Crippen LogP contribution in [-0.4, -0.2) is 18.3 Å². The molecule has 2 atom stereocenters. The average Bonchev–Trinajstić information content (AvgIpc) is 2.52. The largest absolute Gasteiger partial charge is 0.356 e. The second kappa shape index (κ2) is 12.3. The van der Waals surface area contributed by atoms with E-state index < -0.39 is 0 Å². The Bertz CT molecular complexity index is 270. The fourth-order valence-electron chi connectivity index (χ4n) is 3.33. The van der Waals surface area contributed by atoms with Crippen molar-refractivity contribution in [1.82, 2.24) is 5.32 Å². The van der Waals surface area contributed by atoms with Crippen LogP contribution in [0.15, 0.2) is 0 Å². The van der Waals surface area contributed by atoms with Gasteiger partial charge in [0.2, 0.25) is 5.91 Å². The molecular formula is C18H34ClNO. The van der Waals surface area contributed by atoms with E-state index in [4.69, 9.17) is 11.6 Å². The number of carbonyl (C=O) groups excluding carboxylic acids is 1. The monoisotopic (exact) mass is 315 g/mol. The third kappa shape index (κ3) is 8.70. The van der Waals surface area contributed by atoms with E-state index in [9.17, 15) is 4.79 Å². The first-order valence-corrected chi connectivity index (χ1v) is 9.64. The van der Waals surface area contributed by atoms with E-state index in [1.54, 1.807) is 0 Å². The molecule has 1 aliphatic carbocycles. The van der Waals surface area contributed by atoms with Gasteiger partial charge in [0.25, 0.3) is 0 Å². The molecular weight excluding hydrogens is 282 g/mol. The Kier molecular flexibility index (Phi) is 11.0. The van der Waals surface area contributed by atoms with E-state index in [0.717, 1.165) is 18.8 Å². The van der Waals surface area contributed by atoms with Crippen molar-refractivity contribution in [3.63, 3.8) is 0 Å². The molecule has 0 saturated heterocycles. The molecule has 0 aliphatic heterocycles. The van der Waals surface area contributed by atoms with Crippen LogP contribution in [0, 0.1) is 11.8 Å². The third-order valence-corrected chi connectivity index (χ3v) is 5.23. The second-order valence-electron chi connectivity index (χ2n) is 6.63. The van der Waals surface area contributed by atoms with Crippen molar-refractivity contribution in [2.45, 2.75) is 84.0 Å². The van der Waals surface area contributed by atoms with Gasteiger partial charge in [-0.1, -0.05) is 58.3 Å². The highest BCUT2D eigenvalue weighted by atomic mass is 35.5. The molecule has 1 fully saturated rings. The first kappa shape index (κ1) is 18.8. The summed E-state index contributed by atoms with van der Waals surface area (Å²) in [6, 6.07) is 0. The van der Waals surface area contributed by atoms with Gasteiger partial charge in [0, 0.05) is 18.8 Å². The molecule has 0 aromatic heterocycles. The average molecular weight is 316 g/mol. The molecule has 0 aromatic carbocycles. The van der Waals surface area contributed by atoms with Crippen molar-refractivity contribution in [2.24, 2.45) is 11.8 Å². The van der Waals surface area contributed by atoms with Crippen LogP contribution in [0.25, 0.3) is 0 Å². The first-order valence-electron chi connectivity index (χ1n) is 9.10. The van der Waals surface area contributed by atoms with Crippen LogP contribution in [0.3, 0.4) is 0 Å². The van der Waals surface area contributed by atoms with Crippen LogP contribution in [0.5, 0.6) is 0 Å². The lowest BCUT2D eigenvalue weighted by Gasteiger charge is -2.30. The fourth-order valence-corrected chi connectivity index (χ4v) is 3.74. The molecule has 2 unspecified atom stereocenters. The third-order valence-electron chi connectivity index (χ3n) is 4.83. The normalized spacial score (nSPS) is 22.2. The minimum atomic E-state index is 0.238. The number of rotatable bonds is 11. The molecule has 124 valence electrons. The minimum absolute atomic E-state index is 0.238. The lowest BCUT2D eigenvalue weighted by Crippen LogP contribution is -2.34. The molecule has 0 aromatic rings. The summed E-state index contributed by atoms with van der Waals surface area (Å²) in [7, 11) is 0. The van der Waals surface area contributed by atoms with Crippen molar-refractivity contribution in [2.75, 3.05) is 12.4 Å². The number of halogens is 1. The van der Waals surface area contributed by atoms with Gasteiger partial charge in [-0.15, -0.1) is 11.6 Å². The summed E-state index contributed by atoms with van der Waals surface area (Å²) in [5.74, 6) is 2.20. The van der Waals surface area contributed by atoms with E-state index in [1.807, 2.05) is 0 Å². The van der Waals surface area contributed by atoms with Gasteiger partial charge in [-0.3, -0.25) is 4.79 Å². The maximum absolute atomic E-state index is 11.9. The summed E-state index contributed by atoms with van der Waals surface area (Å²) in [5.41, 5.74) is 0. The molecule has 0 heterocycles. The van der Waals surface area contributed by atoms with Crippen molar-refractivity contribution >= 4 is 17.5 Å². The highest BCUT2D eigenvalue weighted by molar-refractivity contribution is 6.18. The zero-order valence-corrected chi connectivity index (χ0v) is 14.6. The molecule has 0 bridgehead atoms. The summed E-state index contributed by atoms with van der Waals surface area (Å²) < 4.78 is 0. The minimum Gasteiger partial charge on any atom is -0.356 e. The van der Waals surface area contributed by atoms with Gasteiger partial charge in [-0.25, -0.2) is 0 Å². The number of hydrogen-bond donors (Lipinski definition) is 1. The van der Waals surface area contributed by atoms with E-state index in [1.165, 1.54) is 64.2 Å². The zero-order chi connectivity index (χ0) is 15.3. The van der Waals surface area contributed by atoms with Crippen LogP contribution in [-0.2, 0) is 4.79 Å². The highest BCUT2D eigenvalue weighted by Gasteiger charge is 2.24. The Morgan fingerprint density at radius 3 is 2.29 bits per heavy atom. The van der Waals surface area contributed by atoms with Crippen molar-refractivity contribution < 1.29 is 4.79 Å². The molecule has 1 amide bonds. The molecule has 1 rings (SSSR count). The smallest absolute Gasteiger partial charge is 0.220 e. The van der Waals surface area contributed by atoms with Gasteiger partial charge < -0.3 is 5.32 Å². The standard InChI is InChI=1S/C18H34ClNO/c1-2-3-4-5-6-7-8-13-18(21)20-15-17-12-10-9-11-16(17)14-19/h16-17H,2-15H2,1H3,(H,20,21). The Balaban J connectivity index is 2.00. The molecule has 0 radical (unpaired) electrons. The van der Waals surface area contributed by atoms with E-state index in [-0.39, 0.29) is 5.91 Å². The Morgan fingerprint density at radius 1 is 1.00 bits per heavy atom. The summed E-state index contributed by atoms with van der Waals surface area (Å²) in [6.45, 7) is 3.08. The Hall–Kier alpha value is -0.240. The molecule has 0 spiro atoms. The maximum atomic E-state index is 11.9. The number of amides is 1. The predicted octanol–water partition coefficient (Wildman–Crippen LogP) is 5.29. The van der Waals surface area contributed by atoms with Gasteiger partial charge in [0.05, 0.1) is 0 Å². The maximum Gasteiger partial charge on any atom is 0.220 e. The van der Waals surface area contributed by atoms with Crippen molar-refractivity contribution in [3.05, 3.63) is 0 Å². The summed E-state index contributed by atoms with van der Waals surface area (Å²) in [4.78, 5) is 11.9. The summed E-state index contributed by atoms with van der Waals surface area (Å²) in [6.07, 6.45) is 14.6. The van der Waals surface area contributed by atoms with E-state index in [0.29, 0.717) is 18.3 Å². The van der Waals surface area contributed by atoms with Crippen LogP contribution >= 0.6 is 11.6 Å². The SMILES string of the molecule is CCCCCCCCCC(=O)NCC1CCCCC1CCl. The predicted molar refractivity (Wildman–Crippen MR) is 91.8 cm³/mol. The van der Waals surface area contributed by atoms with Gasteiger partial charge in [0.1, 0.15) is 0 Å². The zero-order valence-electron chi connectivity index (χ0n) is 13.8. The number of carbonyl (C=O) groups is 1. The van der Waals surface area contributed by atoms with Crippen LogP contribution in [0.2, 0.25) is 0 Å². The highest BCUT2D eigenvalue weighted by Crippen LogP contribution is 2.30. The van der Waals surface area contributed by atoms with E-state index >= 15 is 0 Å². The molecule has 1 aliphatic rings. The summed E-state index contributed by atoms with van der Waals surface area (Å²) >= 11 is 6.03. The van der Waals surface area contributed by atoms with Gasteiger partial charge >= 0.3 is 0 Å². The summed E-state index contributed by atoms with van der Waals surface area (Å²) in [5, 5.41) is 3.13. The molecule has 2 nitrogen and oxygen atoms in total. The fraction of sp³-hybridized carbons (Fsp3) is 0.944. The van der Waals surface area contributed by atoms with Gasteiger partial charge in [0.15, 0.2) is 0 Å². The van der Waals surface area contributed by atoms with E-state index in [2.05, 4.69) is 12.2 Å². The lowest BCUT2D eigenvalue weighted by atomic mass is 9.80. The molecule has 1 N–H and O–H groups in total. The molecule has 21 heavy (non-hydrogen) atoms. The number of alkyl halides is 1. The van der Waals surface area contributed by atoms with Crippen LogP contribution < -0.4 is 5.32 Å². The lowest BCUT2D eigenvalue weighted by molar-refractivity contribution is -0.121. The van der Waals surface area contributed by atoms with Crippen molar-refractivity contribution in [1.29, 1.82) is 0 Å². The molecule has 3 heteroatoms.